The molecule has 2 unspecified atom stereocenters. The van der Waals surface area contributed by atoms with Crippen LogP contribution >= 0.6 is 11.3 Å². The second kappa shape index (κ2) is 9.57. The Balaban J connectivity index is 1.45. The van der Waals surface area contributed by atoms with Crippen molar-refractivity contribution in [1.82, 2.24) is 15.5 Å². The van der Waals surface area contributed by atoms with Crippen molar-refractivity contribution in [2.75, 3.05) is 0 Å². The predicted molar refractivity (Wildman–Crippen MR) is 135 cm³/mol. The summed E-state index contributed by atoms with van der Waals surface area (Å²) >= 11 is 1.45. The van der Waals surface area contributed by atoms with Crippen molar-refractivity contribution in [1.29, 1.82) is 0 Å². The van der Waals surface area contributed by atoms with Gasteiger partial charge in [0.05, 0.1) is 18.0 Å². The quantitative estimate of drug-likeness (QED) is 0.595. The van der Waals surface area contributed by atoms with E-state index < -0.39 is 11.9 Å². The van der Waals surface area contributed by atoms with E-state index in [-0.39, 0.29) is 41.4 Å². The van der Waals surface area contributed by atoms with Crippen LogP contribution in [0.5, 0.6) is 0 Å². The van der Waals surface area contributed by atoms with Crippen LogP contribution < -0.4 is 10.6 Å². The lowest BCUT2D eigenvalue weighted by Gasteiger charge is -2.29. The molecule has 4 rings (SSSR count). The fourth-order valence-electron chi connectivity index (χ4n) is 4.86. The van der Waals surface area contributed by atoms with Crippen LogP contribution in [0.2, 0.25) is 0 Å². The van der Waals surface area contributed by atoms with Crippen LogP contribution in [0.15, 0.2) is 29.6 Å². The van der Waals surface area contributed by atoms with Gasteiger partial charge in [0.1, 0.15) is 6.04 Å². The van der Waals surface area contributed by atoms with E-state index >= 15 is 0 Å². The summed E-state index contributed by atoms with van der Waals surface area (Å²) in [5, 5.41) is 7.21. The molecule has 35 heavy (non-hydrogen) atoms. The van der Waals surface area contributed by atoms with Crippen LogP contribution in [0.4, 0.5) is 0 Å². The maximum absolute atomic E-state index is 13.2. The van der Waals surface area contributed by atoms with Crippen LogP contribution in [-0.4, -0.2) is 34.6 Å². The maximum atomic E-state index is 13.2. The number of rotatable bonds is 6. The number of benzene rings is 1. The summed E-state index contributed by atoms with van der Waals surface area (Å²) in [6.45, 7) is 11.2. The molecule has 0 radical (unpaired) electrons. The summed E-state index contributed by atoms with van der Waals surface area (Å²) in [5.41, 5.74) is 3.71. The van der Waals surface area contributed by atoms with Gasteiger partial charge in [-0.1, -0.05) is 58.9 Å². The van der Waals surface area contributed by atoms with E-state index in [9.17, 15) is 19.2 Å². The minimum atomic E-state index is -0.638. The summed E-state index contributed by atoms with van der Waals surface area (Å²) in [4.78, 5) is 52.4. The number of nitrogens with zero attached hydrogens (tertiary/aromatic N) is 1. The van der Waals surface area contributed by atoms with Crippen molar-refractivity contribution in [3.63, 3.8) is 0 Å². The molecule has 1 fully saturated rings. The minimum absolute atomic E-state index is 0.0444. The number of carbonyl (C=O) groups is 4. The molecule has 7 nitrogen and oxygen atoms in total. The molecule has 186 valence electrons. The number of piperidine rings is 1. The van der Waals surface area contributed by atoms with Crippen molar-refractivity contribution in [2.24, 2.45) is 5.92 Å². The summed E-state index contributed by atoms with van der Waals surface area (Å²) in [6, 6.07) is 7.65. The Hall–Kier alpha value is -3.00. The first-order chi connectivity index (χ1) is 16.5. The van der Waals surface area contributed by atoms with Gasteiger partial charge in [-0.2, -0.15) is 0 Å². The third-order valence-corrected chi connectivity index (χ3v) is 7.92. The van der Waals surface area contributed by atoms with Gasteiger partial charge in [-0.15, -0.1) is 11.3 Å². The number of amides is 4. The smallest absolute Gasteiger partial charge is 0.256 e. The fourth-order valence-corrected chi connectivity index (χ4v) is 5.83. The average Bonchev–Trinajstić information content (AvgIpc) is 3.32. The number of hydrogen-bond acceptors (Lipinski definition) is 5. The molecule has 0 saturated carbocycles. The van der Waals surface area contributed by atoms with Crippen molar-refractivity contribution in [2.45, 2.75) is 77.9 Å². The van der Waals surface area contributed by atoms with Gasteiger partial charge >= 0.3 is 0 Å². The Morgan fingerprint density at radius 2 is 1.86 bits per heavy atom. The molecule has 0 bridgehead atoms. The monoisotopic (exact) mass is 495 g/mol. The number of nitrogens with one attached hydrogen (secondary N) is 2. The molecule has 2 N–H and O–H groups in total. The summed E-state index contributed by atoms with van der Waals surface area (Å²) in [7, 11) is 0. The largest absolute Gasteiger partial charge is 0.351 e. The molecule has 8 heteroatoms. The Kier molecular flexibility index (Phi) is 6.86. The van der Waals surface area contributed by atoms with Gasteiger partial charge in [0, 0.05) is 23.2 Å². The first-order valence-electron chi connectivity index (χ1n) is 12.1. The van der Waals surface area contributed by atoms with E-state index in [1.54, 1.807) is 5.38 Å². The molecular formula is C27H33N3O4S. The van der Waals surface area contributed by atoms with E-state index in [0.29, 0.717) is 25.1 Å². The fraction of sp³-hybridized carbons (Fsp3) is 0.481. The maximum Gasteiger partial charge on any atom is 0.256 e. The van der Waals surface area contributed by atoms with E-state index in [0.717, 1.165) is 16.0 Å². The number of imide groups is 1. The zero-order valence-electron chi connectivity index (χ0n) is 20.9. The van der Waals surface area contributed by atoms with Gasteiger partial charge in [-0.3, -0.25) is 24.5 Å². The number of thiophene rings is 1. The zero-order chi connectivity index (χ0) is 25.5. The number of fused-ring (bicyclic) bond motifs is 1. The highest BCUT2D eigenvalue weighted by Crippen LogP contribution is 2.34. The van der Waals surface area contributed by atoms with E-state index in [4.69, 9.17) is 0 Å². The molecule has 3 heterocycles. The van der Waals surface area contributed by atoms with Crippen LogP contribution in [-0.2, 0) is 32.9 Å². The van der Waals surface area contributed by atoms with Crippen molar-refractivity contribution in [3.05, 3.63) is 56.8 Å². The molecule has 0 spiro atoms. The molecule has 2 aliphatic heterocycles. The van der Waals surface area contributed by atoms with Crippen LogP contribution in [0.1, 0.15) is 85.3 Å². The second-order valence-electron chi connectivity index (χ2n) is 10.8. The normalized spacial score (nSPS) is 19.1. The van der Waals surface area contributed by atoms with E-state index in [2.05, 4.69) is 43.5 Å². The van der Waals surface area contributed by atoms with Gasteiger partial charge in [0.25, 0.3) is 5.91 Å². The Bertz CT molecular complexity index is 1160. The lowest BCUT2D eigenvalue weighted by atomic mass is 9.83. The summed E-state index contributed by atoms with van der Waals surface area (Å²) < 4.78 is 0. The average molecular weight is 496 g/mol. The van der Waals surface area contributed by atoms with E-state index in [1.807, 2.05) is 26.0 Å². The molecule has 1 saturated heterocycles. The second-order valence-corrected chi connectivity index (χ2v) is 11.7. The van der Waals surface area contributed by atoms with Crippen LogP contribution in [0.25, 0.3) is 0 Å². The molecule has 1 aromatic carbocycles. The van der Waals surface area contributed by atoms with Gasteiger partial charge in [0.15, 0.2) is 0 Å². The molecule has 1 aromatic heterocycles. The van der Waals surface area contributed by atoms with Gasteiger partial charge < -0.3 is 10.2 Å². The van der Waals surface area contributed by atoms with Crippen molar-refractivity contribution < 1.29 is 19.2 Å². The highest BCUT2D eigenvalue weighted by molar-refractivity contribution is 7.10. The van der Waals surface area contributed by atoms with Crippen molar-refractivity contribution >= 4 is 35.0 Å². The number of hydrogen-bond donors (Lipinski definition) is 2. The predicted octanol–water partition coefficient (Wildman–Crippen LogP) is 3.86. The summed E-state index contributed by atoms with van der Waals surface area (Å²) in [6.07, 6.45) is 0.559. The first-order valence-corrected chi connectivity index (χ1v) is 13.0. The lowest BCUT2D eigenvalue weighted by molar-refractivity contribution is -0.137. The van der Waals surface area contributed by atoms with Crippen LogP contribution in [0, 0.1) is 5.92 Å². The number of carbonyl (C=O) groups excluding carboxylic acids is 4. The third kappa shape index (κ3) is 5.03. The SMILES string of the molecule is CC(C)C(C(=O)NCc1scc2c1CN(C1CCC(=O)NC1=O)C2=O)c1ccc(C(C)(C)C)cc1. The molecule has 0 aliphatic carbocycles. The lowest BCUT2D eigenvalue weighted by Crippen LogP contribution is -2.52. The minimum Gasteiger partial charge on any atom is -0.351 e. The molecule has 2 aliphatic rings. The van der Waals surface area contributed by atoms with Crippen LogP contribution in [0.3, 0.4) is 0 Å². The Morgan fingerprint density at radius 3 is 2.46 bits per heavy atom. The Labute approximate surface area is 210 Å². The van der Waals surface area contributed by atoms with E-state index in [1.165, 1.54) is 21.8 Å². The Morgan fingerprint density at radius 1 is 1.17 bits per heavy atom. The highest BCUT2D eigenvalue weighted by Gasteiger charge is 2.40. The van der Waals surface area contributed by atoms with Gasteiger partial charge in [-0.05, 0) is 34.4 Å². The zero-order valence-corrected chi connectivity index (χ0v) is 21.8. The first kappa shape index (κ1) is 25.1. The summed E-state index contributed by atoms with van der Waals surface area (Å²) in [5.74, 6) is -1.12. The molecule has 4 amide bonds. The standard InChI is InChI=1S/C27H33N3O4S/c1-15(2)23(16-6-8-17(9-7-16)27(3,4)5)25(33)28-12-21-18-13-30(26(34)19(18)14-35-21)20-10-11-22(31)29-24(20)32/h6-9,14-15,20,23H,10-13H2,1-5H3,(H,28,33)(H,29,31,32). The molecule has 2 aromatic rings. The molecule has 2 atom stereocenters. The van der Waals surface area contributed by atoms with Crippen molar-refractivity contribution in [3.8, 4) is 0 Å². The highest BCUT2D eigenvalue weighted by atomic mass is 32.1. The molecular weight excluding hydrogens is 462 g/mol. The third-order valence-electron chi connectivity index (χ3n) is 6.89. The van der Waals surface area contributed by atoms with Gasteiger partial charge in [-0.25, -0.2) is 0 Å². The topological polar surface area (TPSA) is 95.6 Å². The van der Waals surface area contributed by atoms with Gasteiger partial charge in [0.2, 0.25) is 17.7 Å².